The van der Waals surface area contributed by atoms with E-state index in [4.69, 9.17) is 25.8 Å². The minimum atomic E-state index is -0.186. The molecule has 2 aromatic carbocycles. The summed E-state index contributed by atoms with van der Waals surface area (Å²) in [6, 6.07) is 13.0. The Balaban J connectivity index is 1.44. The lowest BCUT2D eigenvalue weighted by atomic mass is 10.1. The Kier molecular flexibility index (Phi) is 4.24. The number of rotatable bonds is 3. The smallest absolute Gasteiger partial charge is 0.293 e. The first-order valence-electron chi connectivity index (χ1n) is 9.18. The Hall–Kier alpha value is -3.32. The van der Waals surface area contributed by atoms with Gasteiger partial charge < -0.3 is 18.7 Å². The summed E-state index contributed by atoms with van der Waals surface area (Å²) in [7, 11) is 1.58. The third-order valence-corrected chi connectivity index (χ3v) is 5.52. The number of hydrogen-bond donors (Lipinski definition) is 0. The second-order valence-electron chi connectivity index (χ2n) is 6.81. The molecule has 1 amide bonds. The Bertz CT molecular complexity index is 1230. The molecule has 5 rings (SSSR count). The van der Waals surface area contributed by atoms with Crippen LogP contribution in [0.15, 0.2) is 53.2 Å². The number of halogens is 1. The fourth-order valence-electron chi connectivity index (χ4n) is 3.61. The lowest BCUT2D eigenvalue weighted by Gasteiger charge is -2.26. The Morgan fingerprint density at radius 3 is 2.90 bits per heavy atom. The largest absolute Gasteiger partial charge is 0.495 e. The SMILES string of the molecule is COc1cccc(-c2cn3c(n2)CN(C(=O)c2onc4ccccc24)CC3)c1Cl. The summed E-state index contributed by atoms with van der Waals surface area (Å²) in [5, 5.41) is 5.22. The predicted octanol–water partition coefficient (Wildman–Crippen LogP) is 4.01. The lowest BCUT2D eigenvalue weighted by molar-refractivity contribution is 0.0668. The van der Waals surface area contributed by atoms with Crippen molar-refractivity contribution in [3.05, 3.63) is 65.3 Å². The second kappa shape index (κ2) is 6.93. The van der Waals surface area contributed by atoms with E-state index in [1.165, 1.54) is 0 Å². The molecule has 0 saturated heterocycles. The van der Waals surface area contributed by atoms with Crippen molar-refractivity contribution in [2.75, 3.05) is 13.7 Å². The van der Waals surface area contributed by atoms with Crippen molar-refractivity contribution >= 4 is 28.4 Å². The van der Waals surface area contributed by atoms with Crippen LogP contribution in [0.2, 0.25) is 5.02 Å². The third-order valence-electron chi connectivity index (χ3n) is 5.13. The quantitative estimate of drug-likeness (QED) is 0.512. The molecule has 0 atom stereocenters. The summed E-state index contributed by atoms with van der Waals surface area (Å²) < 4.78 is 12.7. The van der Waals surface area contributed by atoms with Gasteiger partial charge in [-0.1, -0.05) is 41.0 Å². The average Bonchev–Trinajstić information content (AvgIpc) is 3.37. The number of hydrogen-bond acceptors (Lipinski definition) is 5. The average molecular weight is 409 g/mol. The number of amides is 1. The Morgan fingerprint density at radius 2 is 2.03 bits per heavy atom. The molecule has 0 unspecified atom stereocenters. The zero-order valence-corrected chi connectivity index (χ0v) is 16.4. The van der Waals surface area contributed by atoms with Crippen LogP contribution in [0.4, 0.5) is 0 Å². The van der Waals surface area contributed by atoms with E-state index in [1.54, 1.807) is 12.0 Å². The van der Waals surface area contributed by atoms with Gasteiger partial charge in [0.15, 0.2) is 0 Å². The highest BCUT2D eigenvalue weighted by molar-refractivity contribution is 6.34. The molecule has 2 aromatic heterocycles. The van der Waals surface area contributed by atoms with Gasteiger partial charge in [-0.15, -0.1) is 0 Å². The summed E-state index contributed by atoms with van der Waals surface area (Å²) in [6.07, 6.45) is 1.96. The van der Waals surface area contributed by atoms with Crippen molar-refractivity contribution in [1.29, 1.82) is 0 Å². The number of carbonyl (C=O) groups excluding carboxylic acids is 1. The summed E-state index contributed by atoms with van der Waals surface area (Å²) in [5.74, 6) is 1.47. The van der Waals surface area contributed by atoms with E-state index in [1.807, 2.05) is 53.2 Å². The topological polar surface area (TPSA) is 73.4 Å². The molecule has 7 nitrogen and oxygen atoms in total. The third kappa shape index (κ3) is 2.94. The molecule has 3 heterocycles. The molecule has 4 aromatic rings. The minimum absolute atomic E-state index is 0.186. The maximum Gasteiger partial charge on any atom is 0.293 e. The highest BCUT2D eigenvalue weighted by atomic mass is 35.5. The van der Waals surface area contributed by atoms with Crippen molar-refractivity contribution in [3.8, 4) is 17.0 Å². The van der Waals surface area contributed by atoms with E-state index in [9.17, 15) is 4.79 Å². The maximum atomic E-state index is 13.0. The molecule has 1 aliphatic heterocycles. The van der Waals surface area contributed by atoms with Gasteiger partial charge in [0.05, 0.1) is 29.8 Å². The molecule has 0 radical (unpaired) electrons. The fourth-order valence-corrected chi connectivity index (χ4v) is 3.91. The highest BCUT2D eigenvalue weighted by Crippen LogP contribution is 2.35. The molecule has 1 aliphatic rings. The summed E-state index contributed by atoms with van der Waals surface area (Å²) >= 11 is 6.45. The molecular weight excluding hydrogens is 392 g/mol. The van der Waals surface area contributed by atoms with Gasteiger partial charge in [-0.3, -0.25) is 4.79 Å². The summed E-state index contributed by atoms with van der Waals surface area (Å²) in [5.41, 5.74) is 2.22. The van der Waals surface area contributed by atoms with Crippen LogP contribution in [-0.2, 0) is 13.1 Å². The number of aromatic nitrogens is 3. The maximum absolute atomic E-state index is 13.0. The molecular formula is C21H17ClN4O3. The first-order chi connectivity index (χ1) is 14.2. The molecule has 0 aliphatic carbocycles. The predicted molar refractivity (Wildman–Crippen MR) is 108 cm³/mol. The van der Waals surface area contributed by atoms with E-state index in [0.29, 0.717) is 35.9 Å². The molecule has 29 heavy (non-hydrogen) atoms. The van der Waals surface area contributed by atoms with Gasteiger partial charge in [0.2, 0.25) is 5.76 Å². The van der Waals surface area contributed by atoms with E-state index in [-0.39, 0.29) is 11.7 Å². The molecule has 8 heteroatoms. The van der Waals surface area contributed by atoms with Crippen molar-refractivity contribution in [2.45, 2.75) is 13.1 Å². The minimum Gasteiger partial charge on any atom is -0.495 e. The van der Waals surface area contributed by atoms with Crippen molar-refractivity contribution < 1.29 is 14.1 Å². The lowest BCUT2D eigenvalue weighted by Crippen LogP contribution is -2.38. The number of imidazole rings is 1. The number of fused-ring (bicyclic) bond motifs is 2. The van der Waals surface area contributed by atoms with Gasteiger partial charge >= 0.3 is 0 Å². The Labute approximate surface area is 171 Å². The molecule has 0 fully saturated rings. The van der Waals surface area contributed by atoms with Gasteiger partial charge in [0.1, 0.15) is 17.1 Å². The van der Waals surface area contributed by atoms with E-state index in [2.05, 4.69) is 5.16 Å². The van der Waals surface area contributed by atoms with Crippen LogP contribution in [0.25, 0.3) is 22.2 Å². The molecule has 0 bridgehead atoms. The number of benzene rings is 2. The normalized spacial score (nSPS) is 13.5. The monoisotopic (exact) mass is 408 g/mol. The number of methoxy groups -OCH3 is 1. The standard InChI is InChI=1S/C21H17ClN4O3/c1-28-17-8-4-6-13(19(17)22)16-11-25-9-10-26(12-18(25)23-16)21(27)20-14-5-2-3-7-15(14)24-29-20/h2-8,11H,9-10,12H2,1H3. The highest BCUT2D eigenvalue weighted by Gasteiger charge is 2.28. The first kappa shape index (κ1) is 17.8. The van der Waals surface area contributed by atoms with Gasteiger partial charge in [-0.2, -0.15) is 0 Å². The van der Waals surface area contributed by atoms with Crippen molar-refractivity contribution in [2.24, 2.45) is 0 Å². The zero-order chi connectivity index (χ0) is 20.0. The first-order valence-corrected chi connectivity index (χ1v) is 9.56. The number of ether oxygens (including phenoxy) is 1. The van der Waals surface area contributed by atoms with Crippen LogP contribution in [0, 0.1) is 0 Å². The van der Waals surface area contributed by atoms with Crippen LogP contribution in [0.1, 0.15) is 16.4 Å². The number of carbonyl (C=O) groups is 1. The Morgan fingerprint density at radius 1 is 1.17 bits per heavy atom. The van der Waals surface area contributed by atoms with Gasteiger partial charge in [-0.25, -0.2) is 4.98 Å². The molecule has 0 spiro atoms. The van der Waals surface area contributed by atoms with Crippen LogP contribution in [0.5, 0.6) is 5.75 Å². The summed E-state index contributed by atoms with van der Waals surface area (Å²) in [6.45, 7) is 1.58. The number of nitrogens with zero attached hydrogens (tertiary/aromatic N) is 4. The molecule has 0 saturated carbocycles. The van der Waals surface area contributed by atoms with Crippen LogP contribution >= 0.6 is 11.6 Å². The van der Waals surface area contributed by atoms with Gasteiger partial charge in [-0.05, 0) is 18.2 Å². The van der Waals surface area contributed by atoms with E-state index >= 15 is 0 Å². The van der Waals surface area contributed by atoms with Crippen molar-refractivity contribution in [3.63, 3.8) is 0 Å². The van der Waals surface area contributed by atoms with Crippen molar-refractivity contribution in [1.82, 2.24) is 19.6 Å². The van der Waals surface area contributed by atoms with Crippen LogP contribution in [0.3, 0.4) is 0 Å². The van der Waals surface area contributed by atoms with Crippen LogP contribution < -0.4 is 4.74 Å². The van der Waals surface area contributed by atoms with Gasteiger partial charge in [0.25, 0.3) is 5.91 Å². The van der Waals surface area contributed by atoms with Crippen LogP contribution in [-0.4, -0.2) is 39.2 Å². The van der Waals surface area contributed by atoms with E-state index < -0.39 is 0 Å². The fraction of sp³-hybridized carbons (Fsp3) is 0.190. The van der Waals surface area contributed by atoms with E-state index in [0.717, 1.165) is 22.5 Å². The molecule has 146 valence electrons. The summed E-state index contributed by atoms with van der Waals surface area (Å²) in [4.78, 5) is 19.5. The van der Waals surface area contributed by atoms with Gasteiger partial charge in [0, 0.05) is 24.8 Å². The zero-order valence-electron chi connectivity index (χ0n) is 15.6. The molecule has 0 N–H and O–H groups in total. The second-order valence-corrected chi connectivity index (χ2v) is 7.19.